The molecule has 0 spiro atoms. The van der Waals surface area contributed by atoms with E-state index >= 15 is 0 Å². The monoisotopic (exact) mass is 312 g/mol. The third kappa shape index (κ3) is 3.40. The van der Waals surface area contributed by atoms with Crippen LogP contribution in [0.25, 0.3) is 0 Å². The molecule has 1 heterocycles. The summed E-state index contributed by atoms with van der Waals surface area (Å²) in [4.78, 5) is 1.17. The Labute approximate surface area is 129 Å². The van der Waals surface area contributed by atoms with Crippen molar-refractivity contribution in [1.29, 1.82) is 0 Å². The second kappa shape index (κ2) is 6.24. The van der Waals surface area contributed by atoms with Gasteiger partial charge in [-0.2, -0.15) is 11.3 Å². The zero-order valence-corrected chi connectivity index (χ0v) is 13.3. The molecule has 0 N–H and O–H groups in total. The topological polar surface area (TPSA) is 24.7 Å². The average molecular weight is 312 g/mol. The Hall–Kier alpha value is -1.91. The van der Waals surface area contributed by atoms with Gasteiger partial charge in [-0.25, -0.2) is 8.73 Å². The maximum atomic E-state index is 4.96. The van der Waals surface area contributed by atoms with Crippen LogP contribution in [0.2, 0.25) is 0 Å². The molecule has 1 atom stereocenters. The number of hydrogen-bond donors (Lipinski definition) is 0. The van der Waals surface area contributed by atoms with Crippen molar-refractivity contribution in [2.75, 3.05) is 6.26 Å². The Kier molecular flexibility index (Phi) is 4.18. The van der Waals surface area contributed by atoms with Gasteiger partial charge in [0.2, 0.25) is 0 Å². The molecule has 1 aromatic heterocycles. The van der Waals surface area contributed by atoms with Gasteiger partial charge in [-0.1, -0.05) is 36.4 Å². The molecule has 4 heteroatoms. The average Bonchev–Trinajstić information content (AvgIpc) is 3.02. The predicted molar refractivity (Wildman–Crippen MR) is 92.9 cm³/mol. The summed E-state index contributed by atoms with van der Waals surface area (Å²) < 4.78 is 9.90. The summed E-state index contributed by atoms with van der Waals surface area (Å²) in [6, 6.07) is 22.4. The summed E-state index contributed by atoms with van der Waals surface area (Å²) in [7, 11) is -1.64. The fourth-order valence-electron chi connectivity index (χ4n) is 2.01. The van der Waals surface area contributed by atoms with Crippen LogP contribution in [0.1, 0.15) is 0 Å². The molecule has 0 bridgehead atoms. The van der Waals surface area contributed by atoms with Crippen LogP contribution in [-0.4, -0.2) is 6.26 Å². The summed E-state index contributed by atoms with van der Waals surface area (Å²) in [5.41, 5.74) is 1.97. The summed E-state index contributed by atoms with van der Waals surface area (Å²) in [6.07, 6.45) is 2.13. The molecule has 3 rings (SSSR count). The molecule has 0 saturated carbocycles. The lowest BCUT2D eigenvalue weighted by molar-refractivity contribution is 1.41. The minimum Gasteiger partial charge on any atom is -0.213 e. The molecular formula is C17H16N2S2. The molecule has 1 unspecified atom stereocenters. The molecule has 3 aromatic rings. The maximum Gasteiger partial charge on any atom is 0.0824 e. The highest BCUT2D eigenvalue weighted by atomic mass is 32.2. The Morgan fingerprint density at radius 2 is 1.38 bits per heavy atom. The number of hydrogen-bond acceptors (Lipinski definition) is 3. The van der Waals surface area contributed by atoms with E-state index in [1.807, 2.05) is 60.0 Å². The maximum absolute atomic E-state index is 4.96. The SMILES string of the molecule is CS(=Nc1ccccc1)(=Nc1ccsc1)c1ccccc1. The Bertz CT molecular complexity index is 814. The summed E-state index contributed by atoms with van der Waals surface area (Å²) >= 11 is 1.66. The first-order valence-corrected chi connectivity index (χ1v) is 9.53. The largest absolute Gasteiger partial charge is 0.213 e. The minimum absolute atomic E-state index is 0.970. The van der Waals surface area contributed by atoms with Gasteiger partial charge in [0.1, 0.15) is 0 Å². The first-order valence-electron chi connectivity index (χ1n) is 6.63. The smallest absolute Gasteiger partial charge is 0.0824 e. The van der Waals surface area contributed by atoms with Gasteiger partial charge in [0.25, 0.3) is 0 Å². The third-order valence-electron chi connectivity index (χ3n) is 3.02. The number of thiophene rings is 1. The van der Waals surface area contributed by atoms with Crippen LogP contribution in [0.3, 0.4) is 0 Å². The zero-order chi connectivity index (χ0) is 14.5. The summed E-state index contributed by atoms with van der Waals surface area (Å²) in [6.45, 7) is 0. The number of rotatable bonds is 3. The van der Waals surface area contributed by atoms with Crippen LogP contribution in [-0.2, 0) is 9.62 Å². The minimum atomic E-state index is -1.64. The Morgan fingerprint density at radius 1 is 0.762 bits per heavy atom. The molecule has 0 aliphatic heterocycles. The molecule has 2 aromatic carbocycles. The number of benzene rings is 2. The van der Waals surface area contributed by atoms with Gasteiger partial charge in [0.15, 0.2) is 0 Å². The van der Waals surface area contributed by atoms with Gasteiger partial charge >= 0.3 is 0 Å². The van der Waals surface area contributed by atoms with Crippen LogP contribution in [0.5, 0.6) is 0 Å². The highest BCUT2D eigenvalue weighted by Crippen LogP contribution is 2.26. The second-order valence-corrected chi connectivity index (χ2v) is 7.93. The van der Waals surface area contributed by atoms with Gasteiger partial charge in [-0.15, -0.1) is 0 Å². The van der Waals surface area contributed by atoms with Crippen molar-refractivity contribution in [2.24, 2.45) is 8.73 Å². The standard InChI is InChI=1S/C17H16N2S2/c1-21(17-10-6-3-7-11-17,19-16-12-13-20-14-16)18-15-8-4-2-5-9-15/h2-14H,1H3. The van der Waals surface area contributed by atoms with Crippen molar-refractivity contribution in [1.82, 2.24) is 0 Å². The van der Waals surface area contributed by atoms with Gasteiger partial charge in [0.05, 0.1) is 11.4 Å². The quantitative estimate of drug-likeness (QED) is 0.573. The first kappa shape index (κ1) is 14.0. The van der Waals surface area contributed by atoms with Crippen LogP contribution >= 0.6 is 11.3 Å². The molecule has 0 aliphatic carbocycles. The van der Waals surface area contributed by atoms with Crippen molar-refractivity contribution < 1.29 is 0 Å². The molecule has 0 fully saturated rings. The van der Waals surface area contributed by atoms with Crippen molar-refractivity contribution in [3.8, 4) is 0 Å². The lowest BCUT2D eigenvalue weighted by Gasteiger charge is -2.11. The van der Waals surface area contributed by atoms with Crippen molar-refractivity contribution >= 4 is 32.3 Å². The van der Waals surface area contributed by atoms with Gasteiger partial charge in [-0.3, -0.25) is 0 Å². The van der Waals surface area contributed by atoms with Crippen LogP contribution in [0.4, 0.5) is 11.4 Å². The van der Waals surface area contributed by atoms with E-state index < -0.39 is 9.62 Å². The molecule has 21 heavy (non-hydrogen) atoms. The van der Waals surface area contributed by atoms with E-state index in [2.05, 4.69) is 23.8 Å². The van der Waals surface area contributed by atoms with Crippen LogP contribution in [0.15, 0.2) is 91.1 Å². The first-order chi connectivity index (χ1) is 10.3. The molecule has 0 saturated heterocycles. The van der Waals surface area contributed by atoms with Crippen molar-refractivity contribution in [3.63, 3.8) is 0 Å². The van der Waals surface area contributed by atoms with Crippen molar-refractivity contribution in [2.45, 2.75) is 4.90 Å². The van der Waals surface area contributed by atoms with Crippen LogP contribution in [0, 0.1) is 0 Å². The third-order valence-corrected chi connectivity index (χ3v) is 5.99. The number of nitrogens with zero attached hydrogens (tertiary/aromatic N) is 2. The van der Waals surface area contributed by atoms with E-state index in [0.29, 0.717) is 0 Å². The zero-order valence-electron chi connectivity index (χ0n) is 11.7. The second-order valence-electron chi connectivity index (χ2n) is 4.65. The normalized spacial score (nSPS) is 13.4. The van der Waals surface area contributed by atoms with E-state index in [4.69, 9.17) is 8.73 Å². The van der Waals surface area contributed by atoms with E-state index in [-0.39, 0.29) is 0 Å². The molecular weight excluding hydrogens is 296 g/mol. The Morgan fingerprint density at radius 3 is 2.00 bits per heavy atom. The summed E-state index contributed by atoms with van der Waals surface area (Å²) in [5.74, 6) is 0. The fourth-order valence-corrected chi connectivity index (χ4v) is 4.63. The fraction of sp³-hybridized carbons (Fsp3) is 0.0588. The van der Waals surface area contributed by atoms with Gasteiger partial charge < -0.3 is 0 Å². The molecule has 2 nitrogen and oxygen atoms in total. The van der Waals surface area contributed by atoms with Crippen LogP contribution < -0.4 is 0 Å². The predicted octanol–water partition coefficient (Wildman–Crippen LogP) is 5.92. The lowest BCUT2D eigenvalue weighted by atomic mass is 10.3. The highest BCUT2D eigenvalue weighted by molar-refractivity contribution is 7.95. The highest BCUT2D eigenvalue weighted by Gasteiger charge is 2.05. The summed E-state index contributed by atoms with van der Waals surface area (Å²) in [5, 5.41) is 4.11. The molecule has 106 valence electrons. The van der Waals surface area contributed by atoms with Gasteiger partial charge in [0, 0.05) is 16.5 Å². The molecule has 0 radical (unpaired) electrons. The lowest BCUT2D eigenvalue weighted by Crippen LogP contribution is -1.96. The van der Waals surface area contributed by atoms with E-state index in [0.717, 1.165) is 11.4 Å². The van der Waals surface area contributed by atoms with E-state index in [1.54, 1.807) is 11.3 Å². The van der Waals surface area contributed by atoms with E-state index in [9.17, 15) is 0 Å². The van der Waals surface area contributed by atoms with E-state index in [1.165, 1.54) is 4.90 Å². The van der Waals surface area contributed by atoms with Crippen molar-refractivity contribution in [3.05, 3.63) is 77.5 Å². The molecule has 0 amide bonds. The van der Waals surface area contributed by atoms with Gasteiger partial charge in [-0.05, 0) is 45.3 Å². The Balaban J connectivity index is 2.23. The molecule has 0 aliphatic rings.